The molecule has 5 heteroatoms. The Morgan fingerprint density at radius 3 is 2.32 bits per heavy atom. The van der Waals surface area contributed by atoms with E-state index in [1.807, 2.05) is 4.90 Å². The van der Waals surface area contributed by atoms with Crippen molar-refractivity contribution in [3.8, 4) is 0 Å². The minimum absolute atomic E-state index is 0.0405. The molecule has 0 saturated carbocycles. The molecule has 2 aliphatic heterocycles. The van der Waals surface area contributed by atoms with Gasteiger partial charge in [0.2, 0.25) is 11.8 Å². The Balaban J connectivity index is 1.87. The molecule has 136 valence electrons. The molecular formula is C20H27FN2O2. The molecule has 0 unspecified atom stereocenters. The maximum absolute atomic E-state index is 13.3. The lowest BCUT2D eigenvalue weighted by Gasteiger charge is -2.43. The Morgan fingerprint density at radius 1 is 1.12 bits per heavy atom. The molecule has 3 rings (SSSR count). The monoisotopic (exact) mass is 346 g/mol. The lowest BCUT2D eigenvalue weighted by Crippen LogP contribution is -2.50. The first-order chi connectivity index (χ1) is 11.9. The van der Waals surface area contributed by atoms with Gasteiger partial charge in [-0.15, -0.1) is 0 Å². The quantitative estimate of drug-likeness (QED) is 0.825. The van der Waals surface area contributed by atoms with Crippen molar-refractivity contribution >= 4 is 11.8 Å². The summed E-state index contributed by atoms with van der Waals surface area (Å²) in [6.07, 6.45) is 2.10. The first-order valence-corrected chi connectivity index (χ1v) is 9.16. The fourth-order valence-electron chi connectivity index (χ4n) is 4.49. The van der Waals surface area contributed by atoms with Gasteiger partial charge in [-0.3, -0.25) is 9.59 Å². The summed E-state index contributed by atoms with van der Waals surface area (Å²) in [6, 6.07) is 5.86. The number of benzene rings is 1. The van der Waals surface area contributed by atoms with E-state index >= 15 is 0 Å². The van der Waals surface area contributed by atoms with Gasteiger partial charge in [0, 0.05) is 26.6 Å². The zero-order valence-corrected chi connectivity index (χ0v) is 15.2. The first-order valence-electron chi connectivity index (χ1n) is 9.16. The zero-order valence-electron chi connectivity index (χ0n) is 15.2. The van der Waals surface area contributed by atoms with Crippen molar-refractivity contribution < 1.29 is 14.0 Å². The maximum atomic E-state index is 13.3. The molecule has 2 heterocycles. The Kier molecular flexibility index (Phi) is 5.11. The summed E-state index contributed by atoms with van der Waals surface area (Å²) in [6.45, 7) is 5.94. The van der Waals surface area contributed by atoms with Gasteiger partial charge in [0.05, 0.1) is 12.0 Å². The molecule has 2 aliphatic rings. The van der Waals surface area contributed by atoms with Crippen molar-refractivity contribution in [3.63, 3.8) is 0 Å². The lowest BCUT2D eigenvalue weighted by molar-refractivity contribution is -0.148. The number of hydrogen-bond acceptors (Lipinski definition) is 2. The summed E-state index contributed by atoms with van der Waals surface area (Å²) in [5.74, 6) is 0.603. The van der Waals surface area contributed by atoms with E-state index in [-0.39, 0.29) is 29.6 Å². The van der Waals surface area contributed by atoms with E-state index in [9.17, 15) is 14.0 Å². The SMILES string of the molecule is C[C@@H]1C[C@H](C)CN(C(=O)[C@H]2CCC(=O)N(C)[C@H]2c2ccc(F)cc2)C1. The summed E-state index contributed by atoms with van der Waals surface area (Å²) in [4.78, 5) is 29.1. The van der Waals surface area contributed by atoms with Gasteiger partial charge in [-0.1, -0.05) is 26.0 Å². The second kappa shape index (κ2) is 7.14. The highest BCUT2D eigenvalue weighted by atomic mass is 19.1. The van der Waals surface area contributed by atoms with Crippen LogP contribution in [0.4, 0.5) is 4.39 Å². The molecule has 25 heavy (non-hydrogen) atoms. The van der Waals surface area contributed by atoms with Crippen molar-refractivity contribution in [2.24, 2.45) is 17.8 Å². The third-order valence-corrected chi connectivity index (χ3v) is 5.57. The van der Waals surface area contributed by atoms with Crippen LogP contribution in [0.3, 0.4) is 0 Å². The molecule has 1 aromatic carbocycles. The van der Waals surface area contributed by atoms with Crippen molar-refractivity contribution in [2.45, 2.75) is 39.2 Å². The van der Waals surface area contributed by atoms with E-state index in [0.717, 1.165) is 25.1 Å². The van der Waals surface area contributed by atoms with Gasteiger partial charge in [-0.2, -0.15) is 0 Å². The molecule has 0 aromatic heterocycles. The summed E-state index contributed by atoms with van der Waals surface area (Å²) < 4.78 is 13.3. The molecule has 4 atom stereocenters. The highest BCUT2D eigenvalue weighted by Gasteiger charge is 2.41. The largest absolute Gasteiger partial charge is 0.342 e. The Bertz CT molecular complexity index is 636. The molecular weight excluding hydrogens is 319 g/mol. The Labute approximate surface area is 149 Å². The number of nitrogens with zero attached hydrogens (tertiary/aromatic N) is 2. The van der Waals surface area contributed by atoms with Gasteiger partial charge in [0.1, 0.15) is 5.82 Å². The van der Waals surface area contributed by atoms with Crippen molar-refractivity contribution in [1.82, 2.24) is 9.80 Å². The highest BCUT2D eigenvalue weighted by Crippen LogP contribution is 2.38. The lowest BCUT2D eigenvalue weighted by atomic mass is 9.82. The van der Waals surface area contributed by atoms with Gasteiger partial charge in [-0.05, 0) is 42.4 Å². The molecule has 2 fully saturated rings. The predicted molar refractivity (Wildman–Crippen MR) is 94.2 cm³/mol. The fraction of sp³-hybridized carbons (Fsp3) is 0.600. The summed E-state index contributed by atoms with van der Waals surface area (Å²) in [5, 5.41) is 0. The number of carbonyl (C=O) groups excluding carboxylic acids is 2. The van der Waals surface area contributed by atoms with E-state index in [0.29, 0.717) is 24.7 Å². The number of rotatable bonds is 2. The number of amides is 2. The normalized spacial score (nSPS) is 30.5. The Morgan fingerprint density at radius 2 is 1.72 bits per heavy atom. The topological polar surface area (TPSA) is 40.6 Å². The van der Waals surface area contributed by atoms with Crippen LogP contribution in [0.5, 0.6) is 0 Å². The standard InChI is InChI=1S/C20H27FN2O2/c1-13-10-14(2)12-23(11-13)20(25)17-8-9-18(24)22(3)19(17)15-4-6-16(21)7-5-15/h4-7,13-14,17,19H,8-12H2,1-3H3/t13-,14+,17-,19-/m0/s1. The van der Waals surface area contributed by atoms with E-state index in [4.69, 9.17) is 0 Å². The third kappa shape index (κ3) is 3.70. The number of piperidine rings is 2. The van der Waals surface area contributed by atoms with E-state index in [2.05, 4.69) is 13.8 Å². The highest BCUT2D eigenvalue weighted by molar-refractivity contribution is 5.85. The van der Waals surface area contributed by atoms with Crippen LogP contribution in [0.25, 0.3) is 0 Å². The number of carbonyl (C=O) groups is 2. The van der Waals surface area contributed by atoms with E-state index in [1.54, 1.807) is 24.1 Å². The van der Waals surface area contributed by atoms with Gasteiger partial charge >= 0.3 is 0 Å². The van der Waals surface area contributed by atoms with Crippen molar-refractivity contribution in [3.05, 3.63) is 35.6 Å². The van der Waals surface area contributed by atoms with Crippen LogP contribution in [-0.2, 0) is 9.59 Å². The minimum atomic E-state index is -0.318. The summed E-state index contributed by atoms with van der Waals surface area (Å²) in [7, 11) is 1.75. The fourth-order valence-corrected chi connectivity index (χ4v) is 4.49. The molecule has 0 bridgehead atoms. The molecule has 0 aliphatic carbocycles. The number of hydrogen-bond donors (Lipinski definition) is 0. The van der Waals surface area contributed by atoms with Crippen molar-refractivity contribution in [1.29, 1.82) is 0 Å². The third-order valence-electron chi connectivity index (χ3n) is 5.57. The molecule has 2 saturated heterocycles. The van der Waals surface area contributed by atoms with Gasteiger partial charge in [0.25, 0.3) is 0 Å². The van der Waals surface area contributed by atoms with Gasteiger partial charge < -0.3 is 9.80 Å². The first kappa shape index (κ1) is 17.9. The average Bonchev–Trinajstić information content (AvgIpc) is 2.57. The van der Waals surface area contributed by atoms with Gasteiger partial charge in [0.15, 0.2) is 0 Å². The van der Waals surface area contributed by atoms with Crippen LogP contribution < -0.4 is 0 Å². The number of halogens is 1. The van der Waals surface area contributed by atoms with Crippen LogP contribution in [-0.4, -0.2) is 41.8 Å². The second-order valence-electron chi connectivity index (χ2n) is 7.84. The molecule has 4 nitrogen and oxygen atoms in total. The smallest absolute Gasteiger partial charge is 0.228 e. The van der Waals surface area contributed by atoms with Crippen LogP contribution in [0.15, 0.2) is 24.3 Å². The van der Waals surface area contributed by atoms with E-state index < -0.39 is 0 Å². The molecule has 2 amide bonds. The summed E-state index contributed by atoms with van der Waals surface area (Å²) in [5.41, 5.74) is 0.827. The zero-order chi connectivity index (χ0) is 18.1. The Hall–Kier alpha value is -1.91. The number of likely N-dealkylation sites (tertiary alicyclic amines) is 2. The van der Waals surface area contributed by atoms with Gasteiger partial charge in [-0.25, -0.2) is 4.39 Å². The molecule has 0 N–H and O–H groups in total. The second-order valence-corrected chi connectivity index (χ2v) is 7.84. The maximum Gasteiger partial charge on any atom is 0.228 e. The van der Waals surface area contributed by atoms with E-state index in [1.165, 1.54) is 12.1 Å². The van der Waals surface area contributed by atoms with Crippen LogP contribution in [0.1, 0.15) is 44.7 Å². The van der Waals surface area contributed by atoms with Crippen LogP contribution in [0.2, 0.25) is 0 Å². The summed E-state index contributed by atoms with van der Waals surface area (Å²) >= 11 is 0. The predicted octanol–water partition coefficient (Wildman–Crippen LogP) is 3.24. The molecule has 1 aromatic rings. The van der Waals surface area contributed by atoms with Crippen LogP contribution >= 0.6 is 0 Å². The minimum Gasteiger partial charge on any atom is -0.342 e. The molecule has 0 spiro atoms. The average molecular weight is 346 g/mol. The molecule has 0 radical (unpaired) electrons. The van der Waals surface area contributed by atoms with Crippen LogP contribution in [0, 0.1) is 23.6 Å². The van der Waals surface area contributed by atoms with Crippen molar-refractivity contribution in [2.75, 3.05) is 20.1 Å².